The fraction of sp³-hybridized carbons (Fsp3) is 0.133. The highest BCUT2D eigenvalue weighted by molar-refractivity contribution is 6.01. The Bertz CT molecular complexity index is 572. The van der Waals surface area contributed by atoms with Crippen molar-refractivity contribution in [3.8, 4) is 0 Å². The van der Waals surface area contributed by atoms with Crippen LogP contribution in [0.2, 0.25) is 0 Å². The second kappa shape index (κ2) is 3.81. The third-order valence-corrected chi connectivity index (χ3v) is 3.30. The van der Waals surface area contributed by atoms with Gasteiger partial charge >= 0.3 is 0 Å². The highest BCUT2D eigenvalue weighted by Gasteiger charge is 2.29. The Morgan fingerprint density at radius 2 is 1.71 bits per heavy atom. The van der Waals surface area contributed by atoms with Gasteiger partial charge in [-0.05, 0) is 23.3 Å². The molecule has 0 aromatic heterocycles. The van der Waals surface area contributed by atoms with Crippen LogP contribution in [-0.2, 0) is 0 Å². The first-order valence-electron chi connectivity index (χ1n) is 5.63. The van der Waals surface area contributed by atoms with E-state index in [-0.39, 0.29) is 17.5 Å². The van der Waals surface area contributed by atoms with Gasteiger partial charge in [-0.25, -0.2) is 4.39 Å². The lowest BCUT2D eigenvalue weighted by Crippen LogP contribution is -1.96. The Morgan fingerprint density at radius 3 is 2.47 bits per heavy atom. The molecule has 3 rings (SSSR count). The standard InChI is InChI=1S/C15H11FO/c16-11-7-5-10(6-8-11)14-9-15(17)13-4-2-1-3-12(13)14/h1-8,14H,9H2/t14-/m0/s1. The van der Waals surface area contributed by atoms with Gasteiger partial charge in [0.05, 0.1) is 0 Å². The van der Waals surface area contributed by atoms with E-state index in [1.165, 1.54) is 12.1 Å². The zero-order valence-corrected chi connectivity index (χ0v) is 9.19. The summed E-state index contributed by atoms with van der Waals surface area (Å²) in [5, 5.41) is 0. The van der Waals surface area contributed by atoms with E-state index in [0.29, 0.717) is 6.42 Å². The number of carbonyl (C=O) groups is 1. The van der Waals surface area contributed by atoms with Gasteiger partial charge in [-0.1, -0.05) is 36.4 Å². The molecule has 1 aliphatic carbocycles. The van der Waals surface area contributed by atoms with Crippen molar-refractivity contribution in [2.45, 2.75) is 12.3 Å². The number of hydrogen-bond acceptors (Lipinski definition) is 1. The molecule has 0 saturated carbocycles. The van der Waals surface area contributed by atoms with Crippen molar-refractivity contribution < 1.29 is 9.18 Å². The summed E-state index contributed by atoms with van der Waals surface area (Å²) in [7, 11) is 0. The van der Waals surface area contributed by atoms with E-state index in [1.54, 1.807) is 12.1 Å². The lowest BCUT2D eigenvalue weighted by atomic mass is 9.93. The Balaban J connectivity index is 2.07. The van der Waals surface area contributed by atoms with Crippen molar-refractivity contribution in [3.63, 3.8) is 0 Å². The molecule has 0 N–H and O–H groups in total. The van der Waals surface area contributed by atoms with Gasteiger partial charge in [0.25, 0.3) is 0 Å². The van der Waals surface area contributed by atoms with Crippen molar-refractivity contribution in [2.75, 3.05) is 0 Å². The van der Waals surface area contributed by atoms with Crippen LogP contribution < -0.4 is 0 Å². The number of ketones is 1. The zero-order valence-electron chi connectivity index (χ0n) is 9.19. The van der Waals surface area contributed by atoms with Crippen LogP contribution in [0.5, 0.6) is 0 Å². The van der Waals surface area contributed by atoms with Crippen molar-refractivity contribution in [2.24, 2.45) is 0 Å². The number of fused-ring (bicyclic) bond motifs is 1. The molecule has 2 aromatic carbocycles. The van der Waals surface area contributed by atoms with Crippen LogP contribution in [0.3, 0.4) is 0 Å². The number of halogens is 1. The fourth-order valence-corrected chi connectivity index (χ4v) is 2.45. The predicted molar refractivity (Wildman–Crippen MR) is 63.6 cm³/mol. The van der Waals surface area contributed by atoms with E-state index >= 15 is 0 Å². The Kier molecular flexibility index (Phi) is 2.29. The van der Waals surface area contributed by atoms with Crippen LogP contribution in [0.1, 0.15) is 33.8 Å². The summed E-state index contributed by atoms with van der Waals surface area (Å²) >= 11 is 0. The Hall–Kier alpha value is -1.96. The largest absolute Gasteiger partial charge is 0.294 e. The summed E-state index contributed by atoms with van der Waals surface area (Å²) in [6.45, 7) is 0. The van der Waals surface area contributed by atoms with Gasteiger partial charge in [0.15, 0.2) is 5.78 Å². The average molecular weight is 226 g/mol. The normalized spacial score (nSPS) is 18.2. The molecular formula is C15H11FO. The zero-order chi connectivity index (χ0) is 11.8. The molecule has 2 aromatic rings. The minimum atomic E-state index is -0.244. The van der Waals surface area contributed by atoms with Crippen LogP contribution in [-0.4, -0.2) is 5.78 Å². The molecule has 0 radical (unpaired) electrons. The molecule has 0 spiro atoms. The van der Waals surface area contributed by atoms with Gasteiger partial charge in [0, 0.05) is 17.9 Å². The van der Waals surface area contributed by atoms with Crippen LogP contribution >= 0.6 is 0 Å². The number of rotatable bonds is 1. The van der Waals surface area contributed by atoms with Gasteiger partial charge in [0.1, 0.15) is 5.82 Å². The summed E-state index contributed by atoms with van der Waals surface area (Å²) in [4.78, 5) is 11.8. The maximum atomic E-state index is 12.9. The molecule has 0 fully saturated rings. The topological polar surface area (TPSA) is 17.1 Å². The van der Waals surface area contributed by atoms with Crippen molar-refractivity contribution in [3.05, 3.63) is 71.0 Å². The summed E-state index contributed by atoms with van der Waals surface area (Å²) in [6.07, 6.45) is 0.491. The molecule has 2 heteroatoms. The third-order valence-electron chi connectivity index (χ3n) is 3.30. The molecule has 84 valence electrons. The maximum absolute atomic E-state index is 12.9. The highest BCUT2D eigenvalue weighted by atomic mass is 19.1. The van der Waals surface area contributed by atoms with Gasteiger partial charge in [-0.2, -0.15) is 0 Å². The average Bonchev–Trinajstić information content (AvgIpc) is 2.69. The third kappa shape index (κ3) is 1.66. The first-order chi connectivity index (χ1) is 8.25. The van der Waals surface area contributed by atoms with Gasteiger partial charge in [0.2, 0.25) is 0 Å². The Morgan fingerprint density at radius 1 is 1.00 bits per heavy atom. The minimum absolute atomic E-state index is 0.0827. The molecule has 0 heterocycles. The number of hydrogen-bond donors (Lipinski definition) is 0. The van der Waals surface area contributed by atoms with Crippen molar-refractivity contribution in [1.82, 2.24) is 0 Å². The van der Waals surface area contributed by atoms with E-state index in [1.807, 2.05) is 24.3 Å². The number of benzene rings is 2. The lowest BCUT2D eigenvalue weighted by Gasteiger charge is -2.10. The van der Waals surface area contributed by atoms with Gasteiger partial charge in [-0.15, -0.1) is 0 Å². The number of Topliss-reactive ketones (excluding diaryl/α,β-unsaturated/α-hetero) is 1. The lowest BCUT2D eigenvalue weighted by molar-refractivity contribution is 0.0991. The van der Waals surface area contributed by atoms with Gasteiger partial charge < -0.3 is 0 Å². The maximum Gasteiger partial charge on any atom is 0.164 e. The van der Waals surface area contributed by atoms with E-state index < -0.39 is 0 Å². The summed E-state index contributed by atoms with van der Waals surface area (Å²) in [6, 6.07) is 14.1. The van der Waals surface area contributed by atoms with Crippen LogP contribution in [0.4, 0.5) is 4.39 Å². The fourth-order valence-electron chi connectivity index (χ4n) is 2.45. The second-order valence-electron chi connectivity index (χ2n) is 4.32. The first kappa shape index (κ1) is 10.2. The monoisotopic (exact) mass is 226 g/mol. The van der Waals surface area contributed by atoms with Crippen molar-refractivity contribution in [1.29, 1.82) is 0 Å². The molecule has 0 saturated heterocycles. The van der Waals surface area contributed by atoms with Gasteiger partial charge in [-0.3, -0.25) is 4.79 Å². The molecule has 1 nitrogen and oxygen atoms in total. The van der Waals surface area contributed by atoms with Crippen LogP contribution in [0.25, 0.3) is 0 Å². The quantitative estimate of drug-likeness (QED) is 0.726. The predicted octanol–water partition coefficient (Wildman–Crippen LogP) is 3.54. The first-order valence-corrected chi connectivity index (χ1v) is 5.63. The van der Waals surface area contributed by atoms with E-state index in [0.717, 1.165) is 16.7 Å². The van der Waals surface area contributed by atoms with Crippen LogP contribution in [0, 0.1) is 5.82 Å². The molecular weight excluding hydrogens is 215 g/mol. The summed E-state index contributed by atoms with van der Waals surface area (Å²) in [5.74, 6) is 0.0144. The molecule has 0 amide bonds. The van der Waals surface area contributed by atoms with Crippen LogP contribution in [0.15, 0.2) is 48.5 Å². The molecule has 17 heavy (non-hydrogen) atoms. The molecule has 1 aliphatic rings. The van der Waals surface area contributed by atoms with E-state index in [4.69, 9.17) is 0 Å². The number of carbonyl (C=O) groups excluding carboxylic acids is 1. The molecule has 1 atom stereocenters. The molecule has 0 bridgehead atoms. The summed E-state index contributed by atoms with van der Waals surface area (Å²) < 4.78 is 12.9. The van der Waals surface area contributed by atoms with Crippen molar-refractivity contribution >= 4 is 5.78 Å². The minimum Gasteiger partial charge on any atom is -0.294 e. The second-order valence-corrected chi connectivity index (χ2v) is 4.32. The van der Waals surface area contributed by atoms with E-state index in [9.17, 15) is 9.18 Å². The molecule has 0 aliphatic heterocycles. The highest BCUT2D eigenvalue weighted by Crippen LogP contribution is 2.37. The molecule has 0 unspecified atom stereocenters. The van der Waals surface area contributed by atoms with E-state index in [2.05, 4.69) is 0 Å². The smallest absolute Gasteiger partial charge is 0.164 e. The Labute approximate surface area is 98.9 Å². The summed E-state index contributed by atoms with van der Waals surface area (Å²) in [5.41, 5.74) is 2.87. The SMILES string of the molecule is O=C1C[C@@H](c2ccc(F)cc2)c2ccccc21.